The molecule has 2 N–H and O–H groups in total. The second-order valence-corrected chi connectivity index (χ2v) is 6.76. The predicted molar refractivity (Wildman–Crippen MR) is 80.2 cm³/mol. The number of nitrogens with two attached hydrogens (primary N) is 1. The van der Waals surface area contributed by atoms with Gasteiger partial charge in [0.15, 0.2) is 0 Å². The third kappa shape index (κ3) is 3.93. The van der Waals surface area contributed by atoms with Crippen molar-refractivity contribution in [1.29, 1.82) is 0 Å². The van der Waals surface area contributed by atoms with E-state index in [1.54, 1.807) is 0 Å². The molecule has 19 heavy (non-hydrogen) atoms. The van der Waals surface area contributed by atoms with Crippen LogP contribution in [0.25, 0.3) is 0 Å². The van der Waals surface area contributed by atoms with E-state index >= 15 is 0 Å². The van der Waals surface area contributed by atoms with Gasteiger partial charge in [0.05, 0.1) is 6.10 Å². The van der Waals surface area contributed by atoms with Gasteiger partial charge in [0.1, 0.15) is 0 Å². The van der Waals surface area contributed by atoms with Crippen LogP contribution in [0.1, 0.15) is 52.4 Å². The van der Waals surface area contributed by atoms with Crippen LogP contribution in [0.4, 0.5) is 0 Å². The van der Waals surface area contributed by atoms with Crippen LogP contribution < -0.4 is 5.73 Å². The molecule has 3 heteroatoms. The van der Waals surface area contributed by atoms with Crippen LogP contribution in [0.2, 0.25) is 0 Å². The molecule has 1 saturated carbocycles. The van der Waals surface area contributed by atoms with E-state index in [1.807, 2.05) is 0 Å². The van der Waals surface area contributed by atoms with Crippen molar-refractivity contribution in [1.82, 2.24) is 4.90 Å². The van der Waals surface area contributed by atoms with E-state index in [1.165, 1.54) is 38.5 Å². The van der Waals surface area contributed by atoms with Crippen LogP contribution in [0.3, 0.4) is 0 Å². The lowest BCUT2D eigenvalue weighted by atomic mass is 9.76. The number of hydrogen-bond acceptors (Lipinski definition) is 3. The largest absolute Gasteiger partial charge is 0.377 e. The fourth-order valence-electron chi connectivity index (χ4n) is 4.07. The number of hydrogen-bond donors (Lipinski definition) is 1. The lowest BCUT2D eigenvalue weighted by molar-refractivity contribution is 0.0693. The molecule has 3 nitrogen and oxygen atoms in total. The smallest absolute Gasteiger partial charge is 0.0702 e. The van der Waals surface area contributed by atoms with Gasteiger partial charge < -0.3 is 15.4 Å². The molecule has 0 aromatic rings. The van der Waals surface area contributed by atoms with Crippen molar-refractivity contribution >= 4 is 0 Å². The lowest BCUT2D eigenvalue weighted by Gasteiger charge is -2.38. The molecular weight excluding hydrogens is 236 g/mol. The van der Waals surface area contributed by atoms with Gasteiger partial charge in [0.25, 0.3) is 0 Å². The molecule has 0 aromatic carbocycles. The SMILES string of the molecule is CCCC1CCC(N)C(CN(C)C2CCOC2C)C1. The number of nitrogens with zero attached hydrogens (tertiary/aromatic N) is 1. The Labute approximate surface area is 118 Å². The van der Waals surface area contributed by atoms with Gasteiger partial charge in [0, 0.05) is 25.2 Å². The van der Waals surface area contributed by atoms with Crippen LogP contribution in [-0.2, 0) is 4.74 Å². The molecule has 1 aliphatic heterocycles. The second-order valence-electron chi connectivity index (χ2n) is 6.76. The standard InChI is InChI=1S/C16H32N2O/c1-4-5-13-6-7-15(17)14(10-13)11-18(3)16-8-9-19-12(16)2/h12-16H,4-11,17H2,1-3H3. The van der Waals surface area contributed by atoms with E-state index in [9.17, 15) is 0 Å². The zero-order chi connectivity index (χ0) is 13.8. The molecule has 2 fully saturated rings. The normalized spacial score (nSPS) is 39.9. The highest BCUT2D eigenvalue weighted by atomic mass is 16.5. The van der Waals surface area contributed by atoms with Gasteiger partial charge in [-0.1, -0.05) is 19.8 Å². The monoisotopic (exact) mass is 268 g/mol. The van der Waals surface area contributed by atoms with Crippen LogP contribution in [0, 0.1) is 11.8 Å². The number of ether oxygens (including phenoxy) is 1. The average molecular weight is 268 g/mol. The molecule has 0 aromatic heterocycles. The minimum absolute atomic E-state index is 0.385. The van der Waals surface area contributed by atoms with Gasteiger partial charge in [-0.15, -0.1) is 0 Å². The van der Waals surface area contributed by atoms with Crippen LogP contribution in [-0.4, -0.2) is 43.3 Å². The molecule has 1 saturated heterocycles. The minimum atomic E-state index is 0.385. The lowest BCUT2D eigenvalue weighted by Crippen LogP contribution is -2.46. The molecule has 5 atom stereocenters. The number of rotatable bonds is 5. The molecule has 1 heterocycles. The summed E-state index contributed by atoms with van der Waals surface area (Å²) in [5, 5.41) is 0. The number of likely N-dealkylation sites (N-methyl/N-ethyl adjacent to an activating group) is 1. The van der Waals surface area contributed by atoms with Crippen LogP contribution in [0.15, 0.2) is 0 Å². The van der Waals surface area contributed by atoms with Gasteiger partial charge in [-0.2, -0.15) is 0 Å². The molecular formula is C16H32N2O. The van der Waals surface area contributed by atoms with Crippen molar-refractivity contribution in [2.24, 2.45) is 17.6 Å². The summed E-state index contributed by atoms with van der Waals surface area (Å²) in [6.45, 7) is 6.58. The van der Waals surface area contributed by atoms with Crippen molar-refractivity contribution in [2.45, 2.75) is 70.6 Å². The van der Waals surface area contributed by atoms with Crippen molar-refractivity contribution < 1.29 is 4.74 Å². The van der Waals surface area contributed by atoms with Gasteiger partial charge in [-0.05, 0) is 51.5 Å². The van der Waals surface area contributed by atoms with E-state index in [-0.39, 0.29) is 0 Å². The Bertz CT molecular complexity index is 271. The highest BCUT2D eigenvalue weighted by Crippen LogP contribution is 2.32. The Balaban J connectivity index is 1.85. The first-order chi connectivity index (χ1) is 9.11. The van der Waals surface area contributed by atoms with Crippen molar-refractivity contribution in [3.8, 4) is 0 Å². The summed E-state index contributed by atoms with van der Waals surface area (Å²) in [7, 11) is 2.26. The molecule has 1 aliphatic carbocycles. The fraction of sp³-hybridized carbons (Fsp3) is 1.00. The highest BCUT2D eigenvalue weighted by Gasteiger charge is 2.33. The summed E-state index contributed by atoms with van der Waals surface area (Å²) in [6, 6.07) is 1.01. The van der Waals surface area contributed by atoms with Crippen LogP contribution in [0.5, 0.6) is 0 Å². The topological polar surface area (TPSA) is 38.5 Å². The zero-order valence-corrected chi connectivity index (χ0v) is 13.0. The van der Waals surface area contributed by atoms with Crippen molar-refractivity contribution in [2.75, 3.05) is 20.2 Å². The minimum Gasteiger partial charge on any atom is -0.377 e. The van der Waals surface area contributed by atoms with Gasteiger partial charge in [0.2, 0.25) is 0 Å². The quantitative estimate of drug-likeness (QED) is 0.833. The summed E-state index contributed by atoms with van der Waals surface area (Å²) in [4.78, 5) is 2.51. The third-order valence-electron chi connectivity index (χ3n) is 5.27. The Kier molecular flexibility index (Phi) is 5.67. The summed E-state index contributed by atoms with van der Waals surface area (Å²) in [5.74, 6) is 1.60. The van der Waals surface area contributed by atoms with Crippen molar-refractivity contribution in [3.05, 3.63) is 0 Å². The molecule has 5 unspecified atom stereocenters. The van der Waals surface area contributed by atoms with E-state index in [0.29, 0.717) is 24.1 Å². The van der Waals surface area contributed by atoms with E-state index in [2.05, 4.69) is 25.8 Å². The molecule has 112 valence electrons. The summed E-state index contributed by atoms with van der Waals surface area (Å²) in [6.07, 6.45) is 8.17. The van der Waals surface area contributed by atoms with E-state index in [0.717, 1.165) is 19.1 Å². The Morgan fingerprint density at radius 2 is 2.05 bits per heavy atom. The van der Waals surface area contributed by atoms with Gasteiger partial charge >= 0.3 is 0 Å². The Hall–Kier alpha value is -0.120. The maximum atomic E-state index is 6.36. The third-order valence-corrected chi connectivity index (χ3v) is 5.27. The van der Waals surface area contributed by atoms with Gasteiger partial charge in [-0.3, -0.25) is 0 Å². The van der Waals surface area contributed by atoms with Gasteiger partial charge in [-0.25, -0.2) is 0 Å². The molecule has 0 bridgehead atoms. The summed E-state index contributed by atoms with van der Waals surface area (Å²) >= 11 is 0. The Morgan fingerprint density at radius 1 is 1.26 bits per heavy atom. The van der Waals surface area contributed by atoms with E-state index < -0.39 is 0 Å². The molecule has 0 amide bonds. The first-order valence-corrected chi connectivity index (χ1v) is 8.19. The zero-order valence-electron chi connectivity index (χ0n) is 13.0. The first-order valence-electron chi connectivity index (χ1n) is 8.19. The highest BCUT2D eigenvalue weighted by molar-refractivity contribution is 4.87. The summed E-state index contributed by atoms with van der Waals surface area (Å²) < 4.78 is 5.69. The predicted octanol–water partition coefficient (Wildman–Crippen LogP) is 2.64. The summed E-state index contributed by atoms with van der Waals surface area (Å²) in [5.41, 5.74) is 6.36. The molecule has 2 rings (SSSR count). The molecule has 0 radical (unpaired) electrons. The fourth-order valence-corrected chi connectivity index (χ4v) is 4.07. The van der Waals surface area contributed by atoms with E-state index in [4.69, 9.17) is 10.5 Å². The maximum absolute atomic E-state index is 6.36. The molecule has 0 spiro atoms. The van der Waals surface area contributed by atoms with Crippen molar-refractivity contribution in [3.63, 3.8) is 0 Å². The second kappa shape index (κ2) is 7.05. The molecule has 2 aliphatic rings. The Morgan fingerprint density at radius 3 is 2.68 bits per heavy atom. The average Bonchev–Trinajstić information content (AvgIpc) is 2.80. The first kappa shape index (κ1) is 15.3. The maximum Gasteiger partial charge on any atom is 0.0702 e. The van der Waals surface area contributed by atoms with Crippen LogP contribution >= 0.6 is 0 Å².